The lowest BCUT2D eigenvalue weighted by Gasteiger charge is -2.39. The minimum absolute atomic E-state index is 0.0630. The number of aromatic amines is 1. The van der Waals surface area contributed by atoms with Crippen LogP contribution in [0.3, 0.4) is 0 Å². The van der Waals surface area contributed by atoms with Crippen LogP contribution in [0.2, 0.25) is 5.02 Å². The molecular formula is C23H20ClN7O6S. The summed E-state index contributed by atoms with van der Waals surface area (Å²) in [7, 11) is -4.05. The Bertz CT molecular complexity index is 1630. The minimum Gasteiger partial charge on any atom is -0.619 e. The molecule has 0 aliphatic carbocycles. The topological polar surface area (TPSA) is 180 Å². The molecule has 3 N–H and O–H groups in total. The number of halogens is 1. The van der Waals surface area contributed by atoms with Crippen molar-refractivity contribution in [3.8, 4) is 11.4 Å². The number of hydrogen-bond acceptors (Lipinski definition) is 9. The Morgan fingerprint density at radius 1 is 1.08 bits per heavy atom. The van der Waals surface area contributed by atoms with Gasteiger partial charge in [0.25, 0.3) is 15.9 Å². The van der Waals surface area contributed by atoms with Crippen molar-refractivity contribution in [3.05, 3.63) is 70.9 Å². The summed E-state index contributed by atoms with van der Waals surface area (Å²) in [5.41, 5.74) is 0.971. The summed E-state index contributed by atoms with van der Waals surface area (Å²) in [4.78, 5) is 21.6. The van der Waals surface area contributed by atoms with E-state index in [-0.39, 0.29) is 29.6 Å². The van der Waals surface area contributed by atoms with Gasteiger partial charge < -0.3 is 25.3 Å². The Labute approximate surface area is 220 Å². The second-order valence-electron chi connectivity index (χ2n) is 9.13. The van der Waals surface area contributed by atoms with Gasteiger partial charge in [-0.15, -0.1) is 10.2 Å². The minimum atomic E-state index is -4.05. The molecule has 2 saturated heterocycles. The number of aromatic nitrogens is 5. The molecule has 0 spiro atoms. The fraction of sp³-hybridized carbons (Fsp3) is 0.261. The van der Waals surface area contributed by atoms with Gasteiger partial charge in [-0.3, -0.25) is 4.79 Å². The Morgan fingerprint density at radius 3 is 2.39 bits per heavy atom. The highest BCUT2D eigenvalue weighted by molar-refractivity contribution is 7.89. The number of carbonyl (C=O) groups excluding carboxylic acids is 1. The van der Waals surface area contributed by atoms with E-state index >= 15 is 0 Å². The van der Waals surface area contributed by atoms with Crippen molar-refractivity contribution < 1.29 is 28.2 Å². The van der Waals surface area contributed by atoms with Crippen LogP contribution in [-0.2, 0) is 10.0 Å². The van der Waals surface area contributed by atoms with Gasteiger partial charge in [-0.05, 0) is 24.3 Å². The van der Waals surface area contributed by atoms with E-state index in [4.69, 9.17) is 11.6 Å². The van der Waals surface area contributed by atoms with Crippen LogP contribution in [0.5, 0.6) is 0 Å². The van der Waals surface area contributed by atoms with Crippen molar-refractivity contribution in [2.45, 2.75) is 29.3 Å². The molecule has 2 fully saturated rings. The molecule has 1 aromatic carbocycles. The zero-order valence-electron chi connectivity index (χ0n) is 19.4. The van der Waals surface area contributed by atoms with Gasteiger partial charge in [0.05, 0.1) is 18.3 Å². The van der Waals surface area contributed by atoms with Crippen LogP contribution < -0.4 is 4.73 Å². The average molecular weight is 558 g/mol. The van der Waals surface area contributed by atoms with Gasteiger partial charge >= 0.3 is 0 Å². The maximum atomic E-state index is 13.5. The standard InChI is InChI=1S/C23H20ClN7O6S/c24-14-1-2-15-13(7-14)8-19(26-15)38(36,37)30-10-17-20(32)21(33)18(11-30)31(17)23(34)16-9-25-22(28-27-16)12-3-5-29(35)6-4-12/h1-9,17-18,20-21,26,32-33H,10-11H2. The number of piperazine rings is 1. The third-order valence-corrected chi connectivity index (χ3v) is 8.87. The Morgan fingerprint density at radius 2 is 1.76 bits per heavy atom. The molecule has 4 aromatic rings. The van der Waals surface area contributed by atoms with Crippen LogP contribution >= 0.6 is 11.6 Å². The fourth-order valence-electron chi connectivity index (χ4n) is 4.97. The first-order chi connectivity index (χ1) is 18.1. The molecule has 5 heterocycles. The largest absolute Gasteiger partial charge is 0.619 e. The maximum absolute atomic E-state index is 13.5. The van der Waals surface area contributed by atoms with Gasteiger partial charge in [0.2, 0.25) is 0 Å². The molecule has 2 aliphatic heterocycles. The van der Waals surface area contributed by atoms with Gasteiger partial charge in [-0.25, -0.2) is 13.4 Å². The third kappa shape index (κ3) is 3.97. The van der Waals surface area contributed by atoms with E-state index in [2.05, 4.69) is 20.2 Å². The predicted molar refractivity (Wildman–Crippen MR) is 132 cm³/mol. The lowest BCUT2D eigenvalue weighted by atomic mass is 10.1. The molecule has 4 unspecified atom stereocenters. The number of amides is 1. The molecule has 4 atom stereocenters. The van der Waals surface area contributed by atoms with Crippen LogP contribution in [-0.4, -0.2) is 91.3 Å². The van der Waals surface area contributed by atoms with Crippen LogP contribution in [0, 0.1) is 5.21 Å². The van der Waals surface area contributed by atoms with Crippen molar-refractivity contribution in [1.82, 2.24) is 29.4 Å². The smallest absolute Gasteiger partial charge is 0.276 e. The van der Waals surface area contributed by atoms with E-state index in [0.717, 1.165) is 4.31 Å². The number of H-pyrrole nitrogens is 1. The number of carbonyl (C=O) groups is 1. The third-order valence-electron chi connectivity index (χ3n) is 6.89. The lowest BCUT2D eigenvalue weighted by Crippen LogP contribution is -2.59. The van der Waals surface area contributed by atoms with Crippen molar-refractivity contribution in [3.63, 3.8) is 0 Å². The number of aliphatic hydroxyl groups excluding tert-OH is 2. The number of pyridine rings is 1. The normalized spacial score (nSPS) is 23.7. The second kappa shape index (κ2) is 8.96. The van der Waals surface area contributed by atoms with Crippen LogP contribution in [0.25, 0.3) is 22.3 Å². The number of benzene rings is 1. The molecule has 196 valence electrons. The Kier molecular flexibility index (Phi) is 5.81. The van der Waals surface area contributed by atoms with E-state index in [1.807, 2.05) is 0 Å². The number of nitrogens with one attached hydrogen (secondary N) is 1. The van der Waals surface area contributed by atoms with Gasteiger partial charge in [0, 0.05) is 46.7 Å². The van der Waals surface area contributed by atoms with Crippen LogP contribution in [0.15, 0.2) is 60.0 Å². The molecule has 13 nitrogen and oxygen atoms in total. The number of fused-ring (bicyclic) bond motifs is 3. The van der Waals surface area contributed by atoms with Gasteiger partial charge in [0.1, 0.15) is 17.2 Å². The summed E-state index contributed by atoms with van der Waals surface area (Å²) in [6.45, 7) is -0.478. The molecule has 1 amide bonds. The first kappa shape index (κ1) is 24.6. The number of hydrogen-bond donors (Lipinski definition) is 3. The highest BCUT2D eigenvalue weighted by Gasteiger charge is 2.56. The van der Waals surface area contributed by atoms with E-state index in [1.165, 1.54) is 41.7 Å². The zero-order valence-corrected chi connectivity index (χ0v) is 21.0. The van der Waals surface area contributed by atoms with Crippen molar-refractivity contribution in [2.24, 2.45) is 0 Å². The van der Waals surface area contributed by atoms with Crippen LogP contribution in [0.1, 0.15) is 10.5 Å². The first-order valence-electron chi connectivity index (χ1n) is 11.5. The highest BCUT2D eigenvalue weighted by Crippen LogP contribution is 2.35. The molecule has 0 radical (unpaired) electrons. The average Bonchev–Trinajstić information content (AvgIpc) is 3.41. The van der Waals surface area contributed by atoms with Crippen molar-refractivity contribution >= 4 is 38.4 Å². The molecule has 2 aliphatic rings. The van der Waals surface area contributed by atoms with E-state index in [0.29, 0.717) is 26.2 Å². The van der Waals surface area contributed by atoms with E-state index < -0.39 is 40.2 Å². The summed E-state index contributed by atoms with van der Waals surface area (Å²) in [6, 6.07) is 7.37. The maximum Gasteiger partial charge on any atom is 0.276 e. The SMILES string of the molecule is O=C(c1cnc(-c2cc[n+]([O-])cc2)nn1)N1C2CN(S(=O)(=O)c3cc4cc(Cl)ccc4[nH]3)CC1C(O)C2O. The molecule has 6 rings (SSSR count). The van der Waals surface area contributed by atoms with Crippen LogP contribution in [0.4, 0.5) is 0 Å². The fourth-order valence-corrected chi connectivity index (χ4v) is 6.64. The number of nitrogens with zero attached hydrogens (tertiary/aromatic N) is 6. The lowest BCUT2D eigenvalue weighted by molar-refractivity contribution is -0.605. The Hall–Kier alpha value is -3.69. The monoisotopic (exact) mass is 557 g/mol. The molecule has 2 bridgehead atoms. The quantitative estimate of drug-likeness (QED) is 0.228. The summed E-state index contributed by atoms with van der Waals surface area (Å²) in [6.07, 6.45) is 1.02. The van der Waals surface area contributed by atoms with E-state index in [9.17, 15) is 28.6 Å². The Balaban J connectivity index is 1.26. The molecule has 38 heavy (non-hydrogen) atoms. The van der Waals surface area contributed by atoms with Crippen molar-refractivity contribution in [1.29, 1.82) is 0 Å². The first-order valence-corrected chi connectivity index (χ1v) is 13.3. The van der Waals surface area contributed by atoms with Crippen molar-refractivity contribution in [2.75, 3.05) is 13.1 Å². The second-order valence-corrected chi connectivity index (χ2v) is 11.5. The van der Waals surface area contributed by atoms with Gasteiger partial charge in [-0.2, -0.15) is 9.04 Å². The van der Waals surface area contributed by atoms with Gasteiger partial charge in [0.15, 0.2) is 23.9 Å². The highest BCUT2D eigenvalue weighted by atomic mass is 35.5. The molecule has 0 saturated carbocycles. The van der Waals surface area contributed by atoms with Gasteiger partial charge in [-0.1, -0.05) is 11.6 Å². The van der Waals surface area contributed by atoms with E-state index in [1.54, 1.807) is 18.2 Å². The number of sulfonamides is 1. The summed E-state index contributed by atoms with van der Waals surface area (Å²) >= 11 is 6.02. The number of rotatable bonds is 4. The molecular weight excluding hydrogens is 538 g/mol. The molecule has 3 aromatic heterocycles. The number of aliphatic hydroxyl groups is 2. The molecule has 15 heteroatoms. The summed E-state index contributed by atoms with van der Waals surface area (Å²) < 4.78 is 28.7. The zero-order chi connectivity index (χ0) is 26.8. The summed E-state index contributed by atoms with van der Waals surface area (Å²) in [5.74, 6) is -0.453. The summed E-state index contributed by atoms with van der Waals surface area (Å²) in [5, 5.41) is 41.5. The predicted octanol–water partition coefficient (Wildman–Crippen LogP) is -0.0740.